The first kappa shape index (κ1) is 12.7. The Morgan fingerprint density at radius 1 is 1.10 bits per heavy atom. The predicted octanol–water partition coefficient (Wildman–Crippen LogP) is 3.59. The van der Waals surface area contributed by atoms with Crippen LogP contribution < -0.4 is 10.5 Å². The molecule has 0 aromatic heterocycles. The van der Waals surface area contributed by atoms with Gasteiger partial charge in [-0.25, -0.2) is 0 Å². The van der Waals surface area contributed by atoms with Gasteiger partial charge in [-0.2, -0.15) is 0 Å². The lowest BCUT2D eigenvalue weighted by molar-refractivity contribution is 0.0851. The fourth-order valence-corrected chi connectivity index (χ4v) is 2.57. The Hall–Kier alpha value is -2.29. The van der Waals surface area contributed by atoms with Gasteiger partial charge in [-0.1, -0.05) is 29.8 Å². The van der Waals surface area contributed by atoms with Crippen molar-refractivity contribution in [2.75, 3.05) is 5.73 Å². The third kappa shape index (κ3) is 2.16. The quantitative estimate of drug-likeness (QED) is 0.803. The minimum absolute atomic E-state index is 0.0900. The molecule has 2 aromatic carbocycles. The van der Waals surface area contributed by atoms with Gasteiger partial charge in [0.25, 0.3) is 0 Å². The molecule has 2 N–H and O–H groups in total. The van der Waals surface area contributed by atoms with Crippen molar-refractivity contribution in [3.63, 3.8) is 0 Å². The summed E-state index contributed by atoms with van der Waals surface area (Å²) in [4.78, 5) is 12.3. The third-order valence-corrected chi connectivity index (χ3v) is 3.64. The van der Waals surface area contributed by atoms with E-state index < -0.39 is 0 Å². The molecule has 1 aliphatic heterocycles. The lowest BCUT2D eigenvalue weighted by Crippen LogP contribution is -2.21. The second-order valence-corrected chi connectivity index (χ2v) is 5.38. The van der Waals surface area contributed by atoms with E-state index in [0.29, 0.717) is 23.4 Å². The molecule has 20 heavy (non-hydrogen) atoms. The molecule has 1 aliphatic rings. The van der Waals surface area contributed by atoms with Crippen molar-refractivity contribution < 1.29 is 9.53 Å². The number of ketones is 1. The second kappa shape index (κ2) is 4.67. The number of Topliss-reactive ketones (excluding diaryl/α,β-unsaturated/α-hetero) is 1. The predicted molar refractivity (Wildman–Crippen MR) is 79.1 cm³/mol. The zero-order valence-corrected chi connectivity index (χ0v) is 11.6. The van der Waals surface area contributed by atoms with Crippen molar-refractivity contribution >= 4 is 11.5 Å². The van der Waals surface area contributed by atoms with Crippen molar-refractivity contribution in [3.05, 3.63) is 58.7 Å². The molecule has 2 aromatic rings. The molecule has 3 heteroatoms. The third-order valence-electron chi connectivity index (χ3n) is 3.64. The highest BCUT2D eigenvalue weighted by Gasteiger charge is 2.29. The maximum atomic E-state index is 12.3. The maximum Gasteiger partial charge on any atom is 0.170 e. The molecule has 3 rings (SSSR count). The highest BCUT2D eigenvalue weighted by molar-refractivity contribution is 6.01. The Labute approximate surface area is 118 Å². The van der Waals surface area contributed by atoms with Gasteiger partial charge >= 0.3 is 0 Å². The summed E-state index contributed by atoms with van der Waals surface area (Å²) in [6.45, 7) is 3.96. The van der Waals surface area contributed by atoms with Crippen LogP contribution in [-0.2, 0) is 0 Å². The van der Waals surface area contributed by atoms with Gasteiger partial charge in [0.2, 0.25) is 0 Å². The topological polar surface area (TPSA) is 52.3 Å². The van der Waals surface area contributed by atoms with Crippen LogP contribution in [0.4, 0.5) is 5.69 Å². The maximum absolute atomic E-state index is 12.3. The van der Waals surface area contributed by atoms with E-state index >= 15 is 0 Å². The van der Waals surface area contributed by atoms with Gasteiger partial charge in [0.1, 0.15) is 6.10 Å². The van der Waals surface area contributed by atoms with Crippen LogP contribution in [0.25, 0.3) is 0 Å². The van der Waals surface area contributed by atoms with Gasteiger partial charge in [0.15, 0.2) is 11.5 Å². The number of nitrogens with two attached hydrogens (primary N) is 1. The summed E-state index contributed by atoms with van der Waals surface area (Å²) in [7, 11) is 0. The largest absolute Gasteiger partial charge is 0.482 e. The van der Waals surface area contributed by atoms with Crippen molar-refractivity contribution in [2.45, 2.75) is 26.4 Å². The van der Waals surface area contributed by atoms with E-state index in [9.17, 15) is 4.79 Å². The first-order valence-corrected chi connectivity index (χ1v) is 6.71. The minimum atomic E-state index is -0.249. The molecule has 1 unspecified atom stereocenters. The molecule has 0 saturated carbocycles. The summed E-state index contributed by atoms with van der Waals surface area (Å²) in [6.07, 6.45) is 0.111. The monoisotopic (exact) mass is 267 g/mol. The molecule has 0 fully saturated rings. The fraction of sp³-hybridized carbons (Fsp3) is 0.235. The Balaban J connectivity index is 2.00. The van der Waals surface area contributed by atoms with Crippen LogP contribution in [0, 0.1) is 13.8 Å². The van der Waals surface area contributed by atoms with Crippen LogP contribution >= 0.6 is 0 Å². The molecule has 102 valence electrons. The van der Waals surface area contributed by atoms with Gasteiger partial charge in [-0.05, 0) is 37.1 Å². The summed E-state index contributed by atoms with van der Waals surface area (Å²) in [5.41, 5.74) is 10.3. The van der Waals surface area contributed by atoms with Crippen molar-refractivity contribution in [2.24, 2.45) is 0 Å². The Morgan fingerprint density at radius 2 is 1.80 bits per heavy atom. The van der Waals surface area contributed by atoms with E-state index in [1.54, 1.807) is 0 Å². The molecule has 0 radical (unpaired) electrons. The molecular formula is C17H17NO2. The molecule has 1 heterocycles. The summed E-state index contributed by atoms with van der Waals surface area (Å²) in [6, 6.07) is 11.7. The number of carbonyl (C=O) groups is 1. The first-order valence-electron chi connectivity index (χ1n) is 6.71. The van der Waals surface area contributed by atoms with E-state index in [2.05, 4.69) is 0 Å². The Bertz CT molecular complexity index is 674. The van der Waals surface area contributed by atoms with Crippen molar-refractivity contribution in [1.82, 2.24) is 0 Å². The van der Waals surface area contributed by atoms with Gasteiger partial charge in [0.05, 0.1) is 17.7 Å². The smallest absolute Gasteiger partial charge is 0.170 e. The number of ether oxygens (including phenoxy) is 1. The number of benzene rings is 2. The van der Waals surface area contributed by atoms with E-state index in [1.165, 1.54) is 5.56 Å². The van der Waals surface area contributed by atoms with E-state index in [1.807, 2.05) is 50.2 Å². The Morgan fingerprint density at radius 3 is 2.50 bits per heavy atom. The molecule has 0 saturated heterocycles. The van der Waals surface area contributed by atoms with Crippen LogP contribution in [0.2, 0.25) is 0 Å². The highest BCUT2D eigenvalue weighted by Crippen LogP contribution is 2.39. The molecular weight excluding hydrogens is 250 g/mol. The van der Waals surface area contributed by atoms with Crippen LogP contribution in [-0.4, -0.2) is 5.78 Å². The highest BCUT2D eigenvalue weighted by atomic mass is 16.5. The van der Waals surface area contributed by atoms with Gasteiger partial charge in [-0.3, -0.25) is 4.79 Å². The number of aryl methyl sites for hydroxylation is 2. The summed E-state index contributed by atoms with van der Waals surface area (Å²) >= 11 is 0. The molecule has 3 nitrogen and oxygen atoms in total. The SMILES string of the molecule is Cc1ccc(C2CC(=O)c3cc(C)cc(N)c3O2)cc1. The zero-order valence-electron chi connectivity index (χ0n) is 11.6. The zero-order chi connectivity index (χ0) is 14.3. The summed E-state index contributed by atoms with van der Waals surface area (Å²) in [5, 5.41) is 0. The number of hydrogen-bond acceptors (Lipinski definition) is 3. The average Bonchev–Trinajstić information content (AvgIpc) is 2.40. The van der Waals surface area contributed by atoms with Crippen LogP contribution in [0.5, 0.6) is 5.75 Å². The van der Waals surface area contributed by atoms with Crippen LogP contribution in [0.15, 0.2) is 36.4 Å². The summed E-state index contributed by atoms with van der Waals surface area (Å²) < 4.78 is 5.97. The molecule has 1 atom stereocenters. The summed E-state index contributed by atoms with van der Waals surface area (Å²) in [5.74, 6) is 0.615. The minimum Gasteiger partial charge on any atom is -0.482 e. The lowest BCUT2D eigenvalue weighted by Gasteiger charge is -2.27. The number of hydrogen-bond donors (Lipinski definition) is 1. The van der Waals surface area contributed by atoms with Crippen LogP contribution in [0.3, 0.4) is 0 Å². The van der Waals surface area contributed by atoms with Gasteiger partial charge < -0.3 is 10.5 Å². The van der Waals surface area contributed by atoms with Crippen molar-refractivity contribution in [3.8, 4) is 5.75 Å². The fourth-order valence-electron chi connectivity index (χ4n) is 2.57. The van der Waals surface area contributed by atoms with Crippen molar-refractivity contribution in [1.29, 1.82) is 0 Å². The lowest BCUT2D eigenvalue weighted by atomic mass is 9.94. The number of rotatable bonds is 1. The van der Waals surface area contributed by atoms with Gasteiger partial charge in [-0.15, -0.1) is 0 Å². The van der Waals surface area contributed by atoms with E-state index in [0.717, 1.165) is 11.1 Å². The number of fused-ring (bicyclic) bond motifs is 1. The normalized spacial score (nSPS) is 17.5. The second-order valence-electron chi connectivity index (χ2n) is 5.38. The van der Waals surface area contributed by atoms with E-state index in [4.69, 9.17) is 10.5 Å². The average molecular weight is 267 g/mol. The first-order chi connectivity index (χ1) is 9.54. The standard InChI is InChI=1S/C17H17NO2/c1-10-3-5-12(6-4-10)16-9-15(19)13-7-11(2)8-14(18)17(13)20-16/h3-8,16H,9,18H2,1-2H3. The Kier molecular flexibility index (Phi) is 2.97. The number of carbonyl (C=O) groups excluding carboxylic acids is 1. The molecule has 0 bridgehead atoms. The molecule has 0 spiro atoms. The van der Waals surface area contributed by atoms with Crippen LogP contribution in [0.1, 0.15) is 39.6 Å². The van der Waals surface area contributed by atoms with E-state index in [-0.39, 0.29) is 11.9 Å². The molecule has 0 amide bonds. The number of anilines is 1. The molecule has 0 aliphatic carbocycles. The van der Waals surface area contributed by atoms with Gasteiger partial charge in [0, 0.05) is 0 Å². The number of nitrogen functional groups attached to an aromatic ring is 1.